The summed E-state index contributed by atoms with van der Waals surface area (Å²) in [4.78, 5) is 26.1. The van der Waals surface area contributed by atoms with Crippen LogP contribution in [0, 0.1) is 12.8 Å². The number of ether oxygens (including phenoxy) is 1. The largest absolute Gasteiger partial charge is 0.383 e. The molecule has 2 heterocycles. The van der Waals surface area contributed by atoms with Crippen LogP contribution in [0.3, 0.4) is 0 Å². The van der Waals surface area contributed by atoms with Gasteiger partial charge in [0.15, 0.2) is 0 Å². The maximum atomic E-state index is 12.4. The van der Waals surface area contributed by atoms with Crippen molar-refractivity contribution in [2.75, 3.05) is 33.4 Å². The van der Waals surface area contributed by atoms with Crippen molar-refractivity contribution in [3.05, 3.63) is 47.7 Å². The number of hydrogen-bond donors (Lipinski definition) is 1. The van der Waals surface area contributed by atoms with Gasteiger partial charge in [0.2, 0.25) is 5.91 Å². The van der Waals surface area contributed by atoms with E-state index in [4.69, 9.17) is 4.74 Å². The van der Waals surface area contributed by atoms with Crippen LogP contribution in [0.15, 0.2) is 36.4 Å². The lowest BCUT2D eigenvalue weighted by Crippen LogP contribution is -2.32. The third-order valence-electron chi connectivity index (χ3n) is 4.65. The fourth-order valence-electron chi connectivity index (χ4n) is 3.09. The summed E-state index contributed by atoms with van der Waals surface area (Å²) in [5.41, 5.74) is 3.13. The summed E-state index contributed by atoms with van der Waals surface area (Å²) in [5, 5.41) is 11.1. The number of nitrogens with one attached hydrogen (secondary N) is 1. The van der Waals surface area contributed by atoms with E-state index in [1.807, 2.05) is 31.2 Å². The molecule has 0 aliphatic carbocycles. The molecule has 2 amide bonds. The molecule has 1 aliphatic rings. The highest BCUT2D eigenvalue weighted by atomic mass is 16.5. The Balaban J connectivity index is 1.53. The molecule has 1 aromatic carbocycles. The van der Waals surface area contributed by atoms with E-state index in [1.54, 1.807) is 24.1 Å². The molecule has 27 heavy (non-hydrogen) atoms. The molecule has 1 saturated heterocycles. The second kappa shape index (κ2) is 8.73. The zero-order valence-corrected chi connectivity index (χ0v) is 15.6. The Hall–Kier alpha value is -2.80. The molecule has 7 nitrogen and oxygen atoms in total. The van der Waals surface area contributed by atoms with E-state index in [0.717, 1.165) is 17.0 Å². The highest BCUT2D eigenvalue weighted by molar-refractivity contribution is 5.94. The van der Waals surface area contributed by atoms with E-state index >= 15 is 0 Å². The summed E-state index contributed by atoms with van der Waals surface area (Å²) in [6.07, 6.45) is 0.467. The number of aryl methyl sites for hydroxylation is 1. The summed E-state index contributed by atoms with van der Waals surface area (Å²) in [6.45, 7) is 4.16. The van der Waals surface area contributed by atoms with Crippen molar-refractivity contribution in [1.82, 2.24) is 20.4 Å². The maximum absolute atomic E-state index is 12.4. The van der Waals surface area contributed by atoms with Crippen molar-refractivity contribution < 1.29 is 14.3 Å². The number of aromatic nitrogens is 2. The van der Waals surface area contributed by atoms with Crippen LogP contribution in [0.25, 0.3) is 11.3 Å². The van der Waals surface area contributed by atoms with Crippen LogP contribution in [0.1, 0.15) is 22.5 Å². The van der Waals surface area contributed by atoms with Crippen molar-refractivity contribution in [1.29, 1.82) is 0 Å². The Kier molecular flexibility index (Phi) is 6.13. The molecule has 0 unspecified atom stereocenters. The van der Waals surface area contributed by atoms with Crippen LogP contribution in [0.4, 0.5) is 0 Å². The van der Waals surface area contributed by atoms with Gasteiger partial charge in [-0.25, -0.2) is 0 Å². The Morgan fingerprint density at radius 2 is 2.00 bits per heavy atom. The minimum Gasteiger partial charge on any atom is -0.383 e. The SMILES string of the molecule is COCCN1C[C@@H](CNC(=O)c2ccc(-c3ccc(C)nn3)cc2)CC1=O. The zero-order valence-electron chi connectivity index (χ0n) is 15.6. The molecule has 1 fully saturated rings. The number of carbonyl (C=O) groups is 2. The molecule has 1 aliphatic heterocycles. The van der Waals surface area contributed by atoms with Gasteiger partial charge in [0.25, 0.3) is 5.91 Å². The van der Waals surface area contributed by atoms with E-state index in [2.05, 4.69) is 15.5 Å². The number of amides is 2. The molecule has 2 aromatic rings. The highest BCUT2D eigenvalue weighted by Gasteiger charge is 2.29. The van der Waals surface area contributed by atoms with E-state index in [-0.39, 0.29) is 17.7 Å². The molecular formula is C20H24N4O3. The number of likely N-dealkylation sites (tertiary alicyclic amines) is 1. The predicted molar refractivity (Wildman–Crippen MR) is 101 cm³/mol. The van der Waals surface area contributed by atoms with E-state index in [1.165, 1.54) is 0 Å². The van der Waals surface area contributed by atoms with Crippen molar-refractivity contribution in [2.45, 2.75) is 13.3 Å². The van der Waals surface area contributed by atoms with Crippen molar-refractivity contribution in [3.8, 4) is 11.3 Å². The molecule has 1 atom stereocenters. The average Bonchev–Trinajstić information content (AvgIpc) is 3.05. The molecule has 142 valence electrons. The molecule has 1 aromatic heterocycles. The van der Waals surface area contributed by atoms with E-state index in [0.29, 0.717) is 38.2 Å². The molecule has 0 radical (unpaired) electrons. The summed E-state index contributed by atoms with van der Waals surface area (Å²) in [6, 6.07) is 11.1. The third-order valence-corrected chi connectivity index (χ3v) is 4.65. The first-order valence-corrected chi connectivity index (χ1v) is 9.02. The van der Waals surface area contributed by atoms with Crippen molar-refractivity contribution >= 4 is 11.8 Å². The monoisotopic (exact) mass is 368 g/mol. The standard InChI is InChI=1S/C20H24N4O3/c1-14-3-8-18(23-22-14)16-4-6-17(7-5-16)20(26)21-12-15-11-19(25)24(13-15)9-10-27-2/h3-8,15H,9-13H2,1-2H3,(H,21,26)/t15-/m1/s1. The van der Waals surface area contributed by atoms with Gasteiger partial charge in [-0.2, -0.15) is 10.2 Å². The average molecular weight is 368 g/mol. The first-order valence-electron chi connectivity index (χ1n) is 9.02. The predicted octanol–water partition coefficient (Wildman–Crippen LogP) is 1.68. The molecule has 0 bridgehead atoms. The van der Waals surface area contributed by atoms with Gasteiger partial charge in [-0.05, 0) is 31.2 Å². The molecule has 1 N–H and O–H groups in total. The van der Waals surface area contributed by atoms with Crippen LogP contribution < -0.4 is 5.32 Å². The Morgan fingerprint density at radius 1 is 1.22 bits per heavy atom. The van der Waals surface area contributed by atoms with Crippen LogP contribution >= 0.6 is 0 Å². The number of hydrogen-bond acceptors (Lipinski definition) is 5. The molecular weight excluding hydrogens is 344 g/mol. The maximum Gasteiger partial charge on any atom is 0.251 e. The lowest BCUT2D eigenvalue weighted by Gasteiger charge is -2.16. The number of rotatable bonds is 7. The van der Waals surface area contributed by atoms with Gasteiger partial charge >= 0.3 is 0 Å². The molecule has 3 rings (SSSR count). The lowest BCUT2D eigenvalue weighted by atomic mass is 10.1. The van der Waals surface area contributed by atoms with Crippen LogP contribution in [0.5, 0.6) is 0 Å². The fourth-order valence-corrected chi connectivity index (χ4v) is 3.09. The zero-order chi connectivity index (χ0) is 19.2. The Bertz CT molecular complexity index is 790. The van der Waals surface area contributed by atoms with Gasteiger partial charge in [0, 0.05) is 50.2 Å². The number of nitrogens with zero attached hydrogens (tertiary/aromatic N) is 3. The van der Waals surface area contributed by atoms with Gasteiger partial charge in [-0.15, -0.1) is 0 Å². The molecule has 0 spiro atoms. The normalized spacial score (nSPS) is 16.6. The van der Waals surface area contributed by atoms with E-state index in [9.17, 15) is 9.59 Å². The van der Waals surface area contributed by atoms with Crippen LogP contribution in [-0.2, 0) is 9.53 Å². The van der Waals surface area contributed by atoms with Gasteiger partial charge in [0.1, 0.15) is 0 Å². The summed E-state index contributed by atoms with van der Waals surface area (Å²) < 4.78 is 5.02. The van der Waals surface area contributed by atoms with E-state index < -0.39 is 0 Å². The smallest absolute Gasteiger partial charge is 0.251 e. The Morgan fingerprint density at radius 3 is 2.67 bits per heavy atom. The van der Waals surface area contributed by atoms with Crippen molar-refractivity contribution in [2.24, 2.45) is 5.92 Å². The summed E-state index contributed by atoms with van der Waals surface area (Å²) in [7, 11) is 1.62. The quantitative estimate of drug-likeness (QED) is 0.804. The minimum atomic E-state index is -0.140. The topological polar surface area (TPSA) is 84.4 Å². The fraction of sp³-hybridized carbons (Fsp3) is 0.400. The minimum absolute atomic E-state index is 0.120. The second-order valence-corrected chi connectivity index (χ2v) is 6.75. The van der Waals surface area contributed by atoms with Crippen LogP contribution in [0.2, 0.25) is 0 Å². The van der Waals surface area contributed by atoms with Crippen LogP contribution in [-0.4, -0.2) is 60.3 Å². The third kappa shape index (κ3) is 4.89. The number of carbonyl (C=O) groups excluding carboxylic acids is 2. The highest BCUT2D eigenvalue weighted by Crippen LogP contribution is 2.18. The number of methoxy groups -OCH3 is 1. The lowest BCUT2D eigenvalue weighted by molar-refractivity contribution is -0.128. The summed E-state index contributed by atoms with van der Waals surface area (Å²) in [5.74, 6) is 0.120. The van der Waals surface area contributed by atoms with Gasteiger partial charge < -0.3 is 15.0 Å². The second-order valence-electron chi connectivity index (χ2n) is 6.75. The first-order chi connectivity index (χ1) is 13.1. The first kappa shape index (κ1) is 19.0. The molecule has 7 heteroatoms. The van der Waals surface area contributed by atoms with Gasteiger partial charge in [-0.1, -0.05) is 12.1 Å². The van der Waals surface area contributed by atoms with Crippen molar-refractivity contribution in [3.63, 3.8) is 0 Å². The molecule has 0 saturated carbocycles. The number of benzene rings is 1. The summed E-state index contributed by atoms with van der Waals surface area (Å²) >= 11 is 0. The Labute approximate surface area is 158 Å². The van der Waals surface area contributed by atoms with Gasteiger partial charge in [0.05, 0.1) is 18.0 Å². The van der Waals surface area contributed by atoms with Gasteiger partial charge in [-0.3, -0.25) is 9.59 Å².